The van der Waals surface area contributed by atoms with E-state index in [9.17, 15) is 19.8 Å². The monoisotopic (exact) mass is 490 g/mol. The van der Waals surface area contributed by atoms with Gasteiger partial charge >= 0.3 is 0 Å². The maximum Gasteiger partial charge on any atom is 0.247 e. The SMILES string of the molecule is C=CCCCCC(=O)N(Cc1ccccc1)[C@@H]1C=C(C(=O)NCCO)[C@@H]2c3ccccc3O[C@@H]2[C@H]1O. The third-order valence-corrected chi connectivity index (χ3v) is 6.80. The van der Waals surface area contributed by atoms with Gasteiger partial charge < -0.3 is 25.2 Å². The van der Waals surface area contributed by atoms with Crippen molar-refractivity contribution in [1.82, 2.24) is 10.2 Å². The number of carbonyl (C=O) groups excluding carboxylic acids is 2. The lowest BCUT2D eigenvalue weighted by molar-refractivity contribution is -0.138. The maximum absolute atomic E-state index is 13.5. The fourth-order valence-electron chi connectivity index (χ4n) is 5.04. The lowest BCUT2D eigenvalue weighted by Gasteiger charge is -2.41. The second kappa shape index (κ2) is 12.0. The maximum atomic E-state index is 13.5. The molecular formula is C29H34N2O5. The number of hydrogen-bond acceptors (Lipinski definition) is 5. The molecule has 2 amide bonds. The zero-order valence-corrected chi connectivity index (χ0v) is 20.4. The molecule has 3 N–H and O–H groups in total. The molecular weight excluding hydrogens is 456 g/mol. The van der Waals surface area contributed by atoms with E-state index in [4.69, 9.17) is 4.74 Å². The Kier molecular flexibility index (Phi) is 8.57. The molecule has 0 saturated heterocycles. The normalized spacial score (nSPS) is 22.0. The van der Waals surface area contributed by atoms with Gasteiger partial charge in [0.25, 0.3) is 0 Å². The van der Waals surface area contributed by atoms with Gasteiger partial charge in [0.1, 0.15) is 18.0 Å². The highest BCUT2D eigenvalue weighted by Crippen LogP contribution is 2.47. The van der Waals surface area contributed by atoms with E-state index in [0.29, 0.717) is 30.7 Å². The molecule has 0 bridgehead atoms. The van der Waals surface area contributed by atoms with Crippen molar-refractivity contribution in [2.24, 2.45) is 0 Å². The quantitative estimate of drug-likeness (QED) is 0.332. The van der Waals surface area contributed by atoms with Gasteiger partial charge in [0.15, 0.2) is 0 Å². The fraction of sp³-hybridized carbons (Fsp3) is 0.379. The molecule has 0 unspecified atom stereocenters. The highest BCUT2D eigenvalue weighted by molar-refractivity contribution is 5.96. The number of nitrogens with one attached hydrogen (secondary N) is 1. The summed E-state index contributed by atoms with van der Waals surface area (Å²) < 4.78 is 6.16. The molecule has 0 saturated carbocycles. The molecule has 0 aromatic heterocycles. The summed E-state index contributed by atoms with van der Waals surface area (Å²) in [6, 6.07) is 16.3. The van der Waals surface area contributed by atoms with E-state index in [2.05, 4.69) is 11.9 Å². The molecule has 2 aliphatic rings. The molecule has 7 heteroatoms. The Morgan fingerprint density at radius 3 is 2.58 bits per heavy atom. The Hall–Kier alpha value is -3.42. The van der Waals surface area contributed by atoms with Crippen LogP contribution in [0.5, 0.6) is 5.75 Å². The first-order valence-corrected chi connectivity index (χ1v) is 12.5. The molecule has 36 heavy (non-hydrogen) atoms. The molecule has 1 aliphatic heterocycles. The molecule has 0 spiro atoms. The van der Waals surface area contributed by atoms with Gasteiger partial charge in [-0.1, -0.05) is 54.6 Å². The number of amides is 2. The average Bonchev–Trinajstić information content (AvgIpc) is 3.30. The molecule has 2 aromatic rings. The third-order valence-electron chi connectivity index (χ3n) is 6.80. The lowest BCUT2D eigenvalue weighted by atomic mass is 9.77. The van der Waals surface area contributed by atoms with Crippen LogP contribution in [0.2, 0.25) is 0 Å². The van der Waals surface area contributed by atoms with Gasteiger partial charge in [0, 0.05) is 30.6 Å². The number of aliphatic hydroxyl groups is 2. The Labute approximate surface area is 212 Å². The zero-order valence-electron chi connectivity index (χ0n) is 20.4. The second-order valence-electron chi connectivity index (χ2n) is 9.22. The van der Waals surface area contributed by atoms with Crippen LogP contribution < -0.4 is 10.1 Å². The minimum Gasteiger partial charge on any atom is -0.486 e. The van der Waals surface area contributed by atoms with Crippen molar-refractivity contribution in [3.05, 3.63) is 90.0 Å². The predicted molar refractivity (Wildman–Crippen MR) is 137 cm³/mol. The first-order chi connectivity index (χ1) is 17.5. The number of unbranched alkanes of at least 4 members (excludes halogenated alkanes) is 2. The molecule has 1 heterocycles. The summed E-state index contributed by atoms with van der Waals surface area (Å²) in [5, 5.41) is 23.5. The van der Waals surface area contributed by atoms with Crippen LogP contribution in [0.1, 0.15) is 42.7 Å². The van der Waals surface area contributed by atoms with Crippen LogP contribution in [0.3, 0.4) is 0 Å². The molecule has 2 aromatic carbocycles. The van der Waals surface area contributed by atoms with Crippen molar-refractivity contribution in [1.29, 1.82) is 0 Å². The first-order valence-electron chi connectivity index (χ1n) is 12.5. The Morgan fingerprint density at radius 1 is 1.08 bits per heavy atom. The number of benzene rings is 2. The minimum atomic E-state index is -1.03. The second-order valence-corrected chi connectivity index (χ2v) is 9.22. The van der Waals surface area contributed by atoms with Gasteiger partial charge in [0.2, 0.25) is 11.8 Å². The predicted octanol–water partition coefficient (Wildman–Crippen LogP) is 3.08. The van der Waals surface area contributed by atoms with Gasteiger partial charge in [-0.2, -0.15) is 0 Å². The topological polar surface area (TPSA) is 99.1 Å². The highest BCUT2D eigenvalue weighted by Gasteiger charge is 2.50. The summed E-state index contributed by atoms with van der Waals surface area (Å²) in [6.45, 7) is 3.97. The third kappa shape index (κ3) is 5.53. The molecule has 4 rings (SSSR count). The van der Waals surface area contributed by atoms with Crippen LogP contribution in [0.4, 0.5) is 0 Å². The van der Waals surface area contributed by atoms with Crippen LogP contribution in [0, 0.1) is 0 Å². The summed E-state index contributed by atoms with van der Waals surface area (Å²) in [7, 11) is 0. The van der Waals surface area contributed by atoms with Gasteiger partial charge in [-0.3, -0.25) is 9.59 Å². The molecule has 1 aliphatic carbocycles. The highest BCUT2D eigenvalue weighted by atomic mass is 16.5. The van der Waals surface area contributed by atoms with Crippen LogP contribution >= 0.6 is 0 Å². The van der Waals surface area contributed by atoms with Crippen molar-refractivity contribution in [2.75, 3.05) is 13.2 Å². The van der Waals surface area contributed by atoms with Crippen molar-refractivity contribution in [3.8, 4) is 5.75 Å². The number of nitrogens with zero attached hydrogens (tertiary/aromatic N) is 1. The number of allylic oxidation sites excluding steroid dienone is 1. The number of fused-ring (bicyclic) bond motifs is 3. The van der Waals surface area contributed by atoms with Crippen LogP contribution in [0.15, 0.2) is 78.9 Å². The Balaban J connectivity index is 1.70. The number of carbonyl (C=O) groups is 2. The largest absolute Gasteiger partial charge is 0.486 e. The average molecular weight is 491 g/mol. The smallest absolute Gasteiger partial charge is 0.247 e. The molecule has 190 valence electrons. The summed E-state index contributed by atoms with van der Waals surface area (Å²) in [5.74, 6) is -0.271. The van der Waals surface area contributed by atoms with Crippen LogP contribution in [0.25, 0.3) is 0 Å². The van der Waals surface area contributed by atoms with E-state index < -0.39 is 24.2 Å². The minimum absolute atomic E-state index is 0.0905. The number of hydrogen-bond donors (Lipinski definition) is 3. The van der Waals surface area contributed by atoms with Gasteiger partial charge in [-0.05, 0) is 37.0 Å². The van der Waals surface area contributed by atoms with Crippen molar-refractivity contribution < 1.29 is 24.5 Å². The van der Waals surface area contributed by atoms with Gasteiger partial charge in [0.05, 0.1) is 18.6 Å². The van der Waals surface area contributed by atoms with Crippen LogP contribution in [-0.2, 0) is 16.1 Å². The van der Waals surface area contributed by atoms with Gasteiger partial charge in [-0.15, -0.1) is 6.58 Å². The number of aliphatic hydroxyl groups excluding tert-OH is 2. The molecule has 0 radical (unpaired) electrons. The molecule has 7 nitrogen and oxygen atoms in total. The van der Waals surface area contributed by atoms with Crippen LogP contribution in [-0.4, -0.2) is 58.3 Å². The van der Waals surface area contributed by atoms with E-state index in [-0.39, 0.29) is 25.0 Å². The van der Waals surface area contributed by atoms with Gasteiger partial charge in [-0.25, -0.2) is 0 Å². The Bertz CT molecular complexity index is 1100. The van der Waals surface area contributed by atoms with Crippen molar-refractivity contribution >= 4 is 11.8 Å². The zero-order chi connectivity index (χ0) is 25.5. The van der Waals surface area contributed by atoms with E-state index in [1.165, 1.54) is 0 Å². The molecule has 0 fully saturated rings. The lowest BCUT2D eigenvalue weighted by Crippen LogP contribution is -2.55. The summed E-state index contributed by atoms with van der Waals surface area (Å²) >= 11 is 0. The fourth-order valence-corrected chi connectivity index (χ4v) is 5.04. The number of ether oxygens (including phenoxy) is 1. The summed E-state index contributed by atoms with van der Waals surface area (Å²) in [5.41, 5.74) is 2.20. The van der Waals surface area contributed by atoms with E-state index >= 15 is 0 Å². The molecule has 4 atom stereocenters. The van der Waals surface area contributed by atoms with E-state index in [0.717, 1.165) is 24.0 Å². The summed E-state index contributed by atoms with van der Waals surface area (Å²) in [4.78, 5) is 28.4. The summed E-state index contributed by atoms with van der Waals surface area (Å²) in [6.07, 6.45) is 4.55. The van der Waals surface area contributed by atoms with Crippen molar-refractivity contribution in [2.45, 2.75) is 56.4 Å². The van der Waals surface area contributed by atoms with Crippen molar-refractivity contribution in [3.63, 3.8) is 0 Å². The van der Waals surface area contributed by atoms with E-state index in [1.54, 1.807) is 11.0 Å². The standard InChI is InChI=1S/C29H34N2O5/c1-2-3-4-8-15-25(33)31(19-20-11-6-5-7-12-20)23-18-22(29(35)30-16-17-32)26-21-13-9-10-14-24(21)36-28(26)27(23)34/h2,5-7,9-14,18,23,26-28,32,34H,1,3-4,8,15-17,19H2,(H,30,35)/t23-,26+,27+,28+/m1/s1. The Morgan fingerprint density at radius 2 is 1.83 bits per heavy atom. The van der Waals surface area contributed by atoms with E-state index in [1.807, 2.05) is 60.7 Å². The number of rotatable bonds is 11. The first kappa shape index (κ1) is 25.7. The number of para-hydroxylation sites is 1.